The Morgan fingerprint density at radius 3 is 1.19 bits per heavy atom. The largest absolute Gasteiger partial charge is 0.370 e. The van der Waals surface area contributed by atoms with Crippen LogP contribution in [0.25, 0.3) is 0 Å². The van der Waals surface area contributed by atoms with Gasteiger partial charge >= 0.3 is 0 Å². The van der Waals surface area contributed by atoms with Gasteiger partial charge in [-0.3, -0.25) is 16.1 Å². The first-order valence-electron chi connectivity index (χ1n) is 15.5. The molecule has 1 aromatic carbocycles. The summed E-state index contributed by atoms with van der Waals surface area (Å²) in [5, 5.41) is 15.0. The zero-order valence-electron chi connectivity index (χ0n) is 24.7. The van der Waals surface area contributed by atoms with Crippen molar-refractivity contribution in [3.05, 3.63) is 34.9 Å². The third-order valence-corrected chi connectivity index (χ3v) is 7.02. The molecule has 214 valence electrons. The lowest BCUT2D eigenvalue weighted by Gasteiger charge is -2.16. The fraction of sp³-hybridized carbons (Fsp3) is 0.750. The molecule has 0 aliphatic carbocycles. The summed E-state index contributed by atoms with van der Waals surface area (Å²) in [6.45, 7) is 6.93. The quantitative estimate of drug-likeness (QED) is 0.0640. The fourth-order valence-electron chi connectivity index (χ4n) is 4.90. The lowest BCUT2D eigenvalue weighted by Crippen LogP contribution is -2.39. The number of benzene rings is 1. The average Bonchev–Trinajstić information content (AvgIpc) is 2.86. The van der Waals surface area contributed by atoms with Crippen LogP contribution < -0.4 is 16.8 Å². The maximum absolute atomic E-state index is 6.47. The average molecular weight is 516 g/mol. The highest BCUT2D eigenvalue weighted by atomic mass is 15.1. The van der Waals surface area contributed by atoms with Gasteiger partial charge < -0.3 is 11.5 Å². The molecular formula is C32H61N5. The van der Waals surface area contributed by atoms with Gasteiger partial charge in [-0.1, -0.05) is 135 Å². The molecule has 0 aliphatic heterocycles. The van der Waals surface area contributed by atoms with E-state index in [-0.39, 0.29) is 11.9 Å². The van der Waals surface area contributed by atoms with Crippen LogP contribution in [0.1, 0.15) is 153 Å². The monoisotopic (exact) mass is 515 g/mol. The first kappa shape index (κ1) is 35.0. The van der Waals surface area contributed by atoms with Crippen molar-refractivity contribution in [2.45, 2.75) is 156 Å². The molecule has 0 aromatic heterocycles. The molecular weight excluding hydrogens is 454 g/mol. The molecule has 0 heterocycles. The van der Waals surface area contributed by atoms with Crippen LogP contribution in [0.15, 0.2) is 18.2 Å². The highest BCUT2D eigenvalue weighted by Gasteiger charge is 2.09. The van der Waals surface area contributed by atoms with Gasteiger partial charge in [0, 0.05) is 0 Å². The summed E-state index contributed by atoms with van der Waals surface area (Å²) in [5.41, 5.74) is 14.6. The number of hydrogen-bond donors (Lipinski definition) is 5. The Balaban J connectivity index is 0.00000161. The Hall–Kier alpha value is -2.04. The van der Waals surface area contributed by atoms with E-state index in [0.717, 1.165) is 0 Å². The Morgan fingerprint density at radius 2 is 0.865 bits per heavy atom. The van der Waals surface area contributed by atoms with E-state index >= 15 is 0 Å². The number of nitrogens with two attached hydrogens (primary N) is 2. The number of aryl methyl sites for hydroxylation is 2. The van der Waals surface area contributed by atoms with Crippen LogP contribution in [0.5, 0.6) is 0 Å². The summed E-state index contributed by atoms with van der Waals surface area (Å²) >= 11 is 0. The molecule has 7 N–H and O–H groups in total. The van der Waals surface area contributed by atoms with E-state index < -0.39 is 0 Å². The van der Waals surface area contributed by atoms with E-state index in [1.807, 2.05) is 5.32 Å². The SMILES string of the molecule is CCCCCCCCc1cccc(CCCCCCCC)c1CCCCCCCC.N=C(N)NC(=N)N. The molecule has 0 unspecified atom stereocenters. The molecule has 0 radical (unpaired) electrons. The van der Waals surface area contributed by atoms with Crippen molar-refractivity contribution in [3.63, 3.8) is 0 Å². The molecule has 0 spiro atoms. The topological polar surface area (TPSA) is 112 Å². The summed E-state index contributed by atoms with van der Waals surface area (Å²) in [4.78, 5) is 0. The van der Waals surface area contributed by atoms with E-state index in [9.17, 15) is 0 Å². The van der Waals surface area contributed by atoms with Crippen molar-refractivity contribution >= 4 is 11.9 Å². The minimum Gasteiger partial charge on any atom is -0.370 e. The first-order chi connectivity index (χ1) is 18.0. The van der Waals surface area contributed by atoms with Crippen LogP contribution in [-0.2, 0) is 19.3 Å². The summed E-state index contributed by atoms with van der Waals surface area (Å²) in [6, 6.07) is 7.25. The van der Waals surface area contributed by atoms with Crippen LogP contribution in [0, 0.1) is 10.8 Å². The van der Waals surface area contributed by atoms with Gasteiger partial charge in [0.05, 0.1) is 0 Å². The molecule has 0 bridgehead atoms. The molecule has 0 amide bonds. The van der Waals surface area contributed by atoms with Gasteiger partial charge in [0.25, 0.3) is 0 Å². The van der Waals surface area contributed by atoms with Gasteiger partial charge in [-0.05, 0) is 55.2 Å². The Morgan fingerprint density at radius 1 is 0.541 bits per heavy atom. The van der Waals surface area contributed by atoms with E-state index in [2.05, 4.69) is 39.0 Å². The van der Waals surface area contributed by atoms with Crippen LogP contribution in [0.3, 0.4) is 0 Å². The molecule has 0 fully saturated rings. The van der Waals surface area contributed by atoms with E-state index in [4.69, 9.17) is 22.3 Å². The van der Waals surface area contributed by atoms with E-state index in [0.29, 0.717) is 0 Å². The number of guanidine groups is 2. The lowest BCUT2D eigenvalue weighted by molar-refractivity contribution is 0.593. The van der Waals surface area contributed by atoms with Gasteiger partial charge in [0.1, 0.15) is 0 Å². The van der Waals surface area contributed by atoms with Crippen LogP contribution in [0.4, 0.5) is 0 Å². The first-order valence-corrected chi connectivity index (χ1v) is 15.5. The molecule has 1 rings (SSSR count). The molecule has 0 saturated heterocycles. The maximum atomic E-state index is 6.47. The fourth-order valence-corrected chi connectivity index (χ4v) is 4.90. The van der Waals surface area contributed by atoms with E-state index in [1.54, 1.807) is 16.7 Å². The standard InChI is InChI=1S/C30H54.C2H7N5/c1-4-7-10-13-16-19-23-28-25-22-26-29(24-20-17-14-11-8-5-2)30(28)27-21-18-15-12-9-6-3;3-1(4)7-2(5)6/h22,25-26H,4-21,23-24,27H2,1-3H3;(H7,3,4,5,6,7). The van der Waals surface area contributed by atoms with Crippen LogP contribution in [0.2, 0.25) is 0 Å². The van der Waals surface area contributed by atoms with Crippen LogP contribution >= 0.6 is 0 Å². The summed E-state index contributed by atoms with van der Waals surface area (Å²) < 4.78 is 0. The van der Waals surface area contributed by atoms with Gasteiger partial charge in [-0.15, -0.1) is 0 Å². The smallest absolute Gasteiger partial charge is 0.192 e. The third kappa shape index (κ3) is 21.7. The zero-order valence-corrected chi connectivity index (χ0v) is 24.7. The maximum Gasteiger partial charge on any atom is 0.192 e. The summed E-state index contributed by atoms with van der Waals surface area (Å²) in [7, 11) is 0. The molecule has 37 heavy (non-hydrogen) atoms. The zero-order chi connectivity index (χ0) is 27.6. The summed E-state index contributed by atoms with van der Waals surface area (Å²) in [5.74, 6) is -0.625. The molecule has 0 atom stereocenters. The van der Waals surface area contributed by atoms with Gasteiger partial charge in [0.2, 0.25) is 0 Å². The molecule has 0 saturated carbocycles. The lowest BCUT2D eigenvalue weighted by atomic mass is 9.90. The van der Waals surface area contributed by atoms with Crippen molar-refractivity contribution in [1.29, 1.82) is 10.8 Å². The van der Waals surface area contributed by atoms with Crippen LogP contribution in [-0.4, -0.2) is 11.9 Å². The minimum atomic E-state index is -0.312. The number of rotatable bonds is 21. The molecule has 0 aliphatic rings. The van der Waals surface area contributed by atoms with Crippen molar-refractivity contribution in [3.8, 4) is 0 Å². The number of nitrogens with one attached hydrogen (secondary N) is 3. The Bertz CT molecular complexity index is 640. The molecule has 5 nitrogen and oxygen atoms in total. The van der Waals surface area contributed by atoms with Crippen molar-refractivity contribution in [1.82, 2.24) is 5.32 Å². The highest BCUT2D eigenvalue weighted by Crippen LogP contribution is 2.23. The van der Waals surface area contributed by atoms with Gasteiger partial charge in [-0.2, -0.15) is 0 Å². The number of unbranched alkanes of at least 4 members (excludes halogenated alkanes) is 15. The molecule has 1 aromatic rings. The second kappa shape index (κ2) is 25.6. The summed E-state index contributed by atoms with van der Waals surface area (Å²) in [6.07, 6.45) is 29.2. The predicted octanol–water partition coefficient (Wildman–Crippen LogP) is 8.76. The normalized spacial score (nSPS) is 10.6. The second-order valence-electron chi connectivity index (χ2n) is 10.6. The van der Waals surface area contributed by atoms with Gasteiger partial charge in [-0.25, -0.2) is 0 Å². The Labute approximate surface area is 230 Å². The van der Waals surface area contributed by atoms with Crippen molar-refractivity contribution in [2.75, 3.05) is 0 Å². The van der Waals surface area contributed by atoms with Crippen molar-refractivity contribution in [2.24, 2.45) is 11.5 Å². The van der Waals surface area contributed by atoms with Gasteiger partial charge in [0.15, 0.2) is 11.9 Å². The minimum absolute atomic E-state index is 0.312. The molecule has 5 heteroatoms. The highest BCUT2D eigenvalue weighted by molar-refractivity contribution is 5.93. The third-order valence-electron chi connectivity index (χ3n) is 7.02. The predicted molar refractivity (Wildman–Crippen MR) is 165 cm³/mol. The van der Waals surface area contributed by atoms with E-state index in [1.165, 1.54) is 135 Å². The Kier molecular flexibility index (Phi) is 24.2. The number of hydrogen-bond acceptors (Lipinski definition) is 2. The second-order valence-corrected chi connectivity index (χ2v) is 10.6. The van der Waals surface area contributed by atoms with Crippen molar-refractivity contribution < 1.29 is 0 Å².